The van der Waals surface area contributed by atoms with Crippen molar-refractivity contribution in [2.75, 3.05) is 19.0 Å². The van der Waals surface area contributed by atoms with Crippen LogP contribution < -0.4 is 10.1 Å². The average Bonchev–Trinajstić information content (AvgIpc) is 2.59. The summed E-state index contributed by atoms with van der Waals surface area (Å²) in [6.07, 6.45) is 0.711. The molecule has 0 heterocycles. The van der Waals surface area contributed by atoms with Gasteiger partial charge in [0.05, 0.1) is 30.5 Å². The zero-order valence-electron chi connectivity index (χ0n) is 13.5. The molecule has 6 heteroatoms. The maximum absolute atomic E-state index is 12.5. The summed E-state index contributed by atoms with van der Waals surface area (Å²) in [5, 5.41) is 3.10. The van der Waals surface area contributed by atoms with Crippen molar-refractivity contribution in [3.63, 3.8) is 0 Å². The molecule has 0 atom stereocenters. The number of carbonyl (C=O) groups excluding carboxylic acids is 2. The Morgan fingerprint density at radius 1 is 1.12 bits per heavy atom. The summed E-state index contributed by atoms with van der Waals surface area (Å²) in [5.74, 6) is -0.477. The van der Waals surface area contributed by atoms with Gasteiger partial charge in [0.1, 0.15) is 5.75 Å². The zero-order chi connectivity index (χ0) is 17.5. The van der Waals surface area contributed by atoms with Gasteiger partial charge < -0.3 is 14.8 Å². The molecule has 0 fully saturated rings. The number of hydrogen-bond donors (Lipinski definition) is 1. The largest absolute Gasteiger partial charge is 0.496 e. The highest BCUT2D eigenvalue weighted by Gasteiger charge is 2.18. The van der Waals surface area contributed by atoms with Gasteiger partial charge in [-0.25, -0.2) is 4.79 Å². The Morgan fingerprint density at radius 3 is 2.58 bits per heavy atom. The molecule has 24 heavy (non-hydrogen) atoms. The van der Waals surface area contributed by atoms with Crippen LogP contribution in [-0.4, -0.2) is 25.6 Å². The average molecular weight is 348 g/mol. The number of anilines is 1. The molecule has 0 saturated carbocycles. The normalized spacial score (nSPS) is 10.1. The van der Waals surface area contributed by atoms with E-state index >= 15 is 0 Å². The van der Waals surface area contributed by atoms with E-state index in [1.54, 1.807) is 30.3 Å². The first-order valence-electron chi connectivity index (χ1n) is 7.47. The van der Waals surface area contributed by atoms with Crippen LogP contribution in [0.25, 0.3) is 0 Å². The number of amides is 1. The summed E-state index contributed by atoms with van der Waals surface area (Å²) in [7, 11) is 1.49. The number of carbonyl (C=O) groups is 2. The third kappa shape index (κ3) is 4.26. The summed E-state index contributed by atoms with van der Waals surface area (Å²) in [4.78, 5) is 24.6. The summed E-state index contributed by atoms with van der Waals surface area (Å²) in [5.41, 5.74) is 0.892. The summed E-state index contributed by atoms with van der Waals surface area (Å²) in [6, 6.07) is 11.4. The number of rotatable bonds is 6. The molecule has 1 N–H and O–H groups in total. The van der Waals surface area contributed by atoms with Gasteiger partial charge in [-0.05, 0) is 36.8 Å². The van der Waals surface area contributed by atoms with E-state index in [0.29, 0.717) is 35.1 Å². The molecule has 0 radical (unpaired) electrons. The molecule has 0 saturated heterocycles. The molecule has 0 spiro atoms. The Morgan fingerprint density at radius 2 is 1.88 bits per heavy atom. The monoisotopic (exact) mass is 347 g/mol. The van der Waals surface area contributed by atoms with E-state index in [-0.39, 0.29) is 5.56 Å². The lowest BCUT2D eigenvalue weighted by molar-refractivity contribution is 0.0506. The van der Waals surface area contributed by atoms with Gasteiger partial charge in [0, 0.05) is 5.02 Å². The van der Waals surface area contributed by atoms with E-state index in [1.807, 2.05) is 6.92 Å². The third-order valence-corrected chi connectivity index (χ3v) is 3.47. The molecule has 5 nitrogen and oxygen atoms in total. The van der Waals surface area contributed by atoms with Gasteiger partial charge >= 0.3 is 5.97 Å². The lowest BCUT2D eigenvalue weighted by atomic mass is 10.1. The number of benzene rings is 2. The fourth-order valence-electron chi connectivity index (χ4n) is 2.09. The third-order valence-electron chi connectivity index (χ3n) is 3.24. The number of methoxy groups -OCH3 is 1. The van der Waals surface area contributed by atoms with E-state index in [4.69, 9.17) is 21.1 Å². The van der Waals surface area contributed by atoms with Crippen LogP contribution in [0.3, 0.4) is 0 Å². The van der Waals surface area contributed by atoms with Crippen molar-refractivity contribution < 1.29 is 19.1 Å². The second-order valence-electron chi connectivity index (χ2n) is 4.98. The minimum Gasteiger partial charge on any atom is -0.496 e. The van der Waals surface area contributed by atoms with Crippen LogP contribution in [0.2, 0.25) is 5.02 Å². The van der Waals surface area contributed by atoms with Crippen LogP contribution in [0.15, 0.2) is 42.5 Å². The number of hydrogen-bond acceptors (Lipinski definition) is 4. The lowest BCUT2D eigenvalue weighted by Crippen LogP contribution is -2.17. The minimum absolute atomic E-state index is 0.246. The molecule has 1 amide bonds. The smallest absolute Gasteiger partial charge is 0.340 e. The van der Waals surface area contributed by atoms with Crippen LogP contribution in [0, 0.1) is 0 Å². The van der Waals surface area contributed by atoms with Crippen molar-refractivity contribution in [3.05, 3.63) is 58.6 Å². The SMILES string of the molecule is CCCOC(=O)c1ccc(Cl)cc1NC(=O)c1ccccc1OC. The van der Waals surface area contributed by atoms with Gasteiger partial charge in [-0.3, -0.25) is 4.79 Å². The Kier molecular flexibility index (Phi) is 6.21. The first-order chi connectivity index (χ1) is 11.6. The molecule has 0 unspecified atom stereocenters. The van der Waals surface area contributed by atoms with Gasteiger partial charge in [-0.1, -0.05) is 30.7 Å². The maximum Gasteiger partial charge on any atom is 0.340 e. The quantitative estimate of drug-likeness (QED) is 0.796. The summed E-state index contributed by atoms with van der Waals surface area (Å²) >= 11 is 5.99. The highest BCUT2D eigenvalue weighted by atomic mass is 35.5. The van der Waals surface area contributed by atoms with Crippen molar-refractivity contribution in [1.29, 1.82) is 0 Å². The highest BCUT2D eigenvalue weighted by Crippen LogP contribution is 2.24. The van der Waals surface area contributed by atoms with Crippen molar-refractivity contribution in [3.8, 4) is 5.75 Å². The number of esters is 1. The highest BCUT2D eigenvalue weighted by molar-refractivity contribution is 6.31. The molecule has 126 valence electrons. The van der Waals surface area contributed by atoms with E-state index in [0.717, 1.165) is 0 Å². The molecular weight excluding hydrogens is 330 g/mol. The van der Waals surface area contributed by atoms with Gasteiger partial charge in [0.25, 0.3) is 5.91 Å². The molecule has 2 aromatic carbocycles. The van der Waals surface area contributed by atoms with Gasteiger partial charge in [-0.15, -0.1) is 0 Å². The van der Waals surface area contributed by atoms with E-state index < -0.39 is 11.9 Å². The Labute approximate surface area is 145 Å². The van der Waals surface area contributed by atoms with Crippen LogP contribution >= 0.6 is 11.6 Å². The predicted molar refractivity (Wildman–Crippen MR) is 93.0 cm³/mol. The molecule has 0 aliphatic rings. The minimum atomic E-state index is -0.510. The number of para-hydroxylation sites is 1. The van der Waals surface area contributed by atoms with Crippen LogP contribution in [0.4, 0.5) is 5.69 Å². The van der Waals surface area contributed by atoms with Crippen molar-refractivity contribution in [2.45, 2.75) is 13.3 Å². The standard InChI is InChI=1S/C18H18ClNO4/c1-3-10-24-18(22)13-9-8-12(19)11-15(13)20-17(21)14-6-4-5-7-16(14)23-2/h4-9,11H,3,10H2,1-2H3,(H,20,21). The van der Waals surface area contributed by atoms with Crippen molar-refractivity contribution >= 4 is 29.2 Å². The molecule has 0 aliphatic carbocycles. The second kappa shape index (κ2) is 8.36. The van der Waals surface area contributed by atoms with Gasteiger partial charge in [0.2, 0.25) is 0 Å². The number of halogens is 1. The van der Waals surface area contributed by atoms with Crippen LogP contribution in [0.5, 0.6) is 5.75 Å². The topological polar surface area (TPSA) is 64.6 Å². The molecule has 0 bridgehead atoms. The van der Waals surface area contributed by atoms with Crippen molar-refractivity contribution in [1.82, 2.24) is 0 Å². The first kappa shape index (κ1) is 17.8. The molecule has 2 rings (SSSR count). The second-order valence-corrected chi connectivity index (χ2v) is 5.42. The Balaban J connectivity index is 2.29. The fraction of sp³-hybridized carbons (Fsp3) is 0.222. The molecule has 2 aromatic rings. The predicted octanol–water partition coefficient (Wildman–Crippen LogP) is 4.17. The first-order valence-corrected chi connectivity index (χ1v) is 7.85. The number of ether oxygens (including phenoxy) is 2. The zero-order valence-corrected chi connectivity index (χ0v) is 14.2. The van der Waals surface area contributed by atoms with Crippen LogP contribution in [0.1, 0.15) is 34.1 Å². The fourth-order valence-corrected chi connectivity index (χ4v) is 2.26. The van der Waals surface area contributed by atoms with E-state index in [9.17, 15) is 9.59 Å². The van der Waals surface area contributed by atoms with Gasteiger partial charge in [0.15, 0.2) is 0 Å². The van der Waals surface area contributed by atoms with E-state index in [2.05, 4.69) is 5.32 Å². The molecule has 0 aromatic heterocycles. The lowest BCUT2D eigenvalue weighted by Gasteiger charge is -2.13. The van der Waals surface area contributed by atoms with Gasteiger partial charge in [-0.2, -0.15) is 0 Å². The molecular formula is C18H18ClNO4. The number of nitrogens with one attached hydrogen (secondary N) is 1. The Bertz CT molecular complexity index is 746. The van der Waals surface area contributed by atoms with E-state index in [1.165, 1.54) is 19.2 Å². The summed E-state index contributed by atoms with van der Waals surface area (Å²) in [6.45, 7) is 2.21. The van der Waals surface area contributed by atoms with Crippen LogP contribution in [-0.2, 0) is 4.74 Å². The summed E-state index contributed by atoms with van der Waals surface area (Å²) < 4.78 is 10.3. The Hall–Kier alpha value is -2.53. The molecule has 0 aliphatic heterocycles. The van der Waals surface area contributed by atoms with Crippen molar-refractivity contribution in [2.24, 2.45) is 0 Å². The maximum atomic E-state index is 12.5.